The van der Waals surface area contributed by atoms with Crippen molar-refractivity contribution in [1.82, 2.24) is 15.3 Å². The molecule has 0 atom stereocenters. The molecule has 3 rings (SSSR count). The van der Waals surface area contributed by atoms with Crippen LogP contribution in [0.5, 0.6) is 0 Å². The monoisotopic (exact) mass is 392 g/mol. The van der Waals surface area contributed by atoms with Gasteiger partial charge in [0.25, 0.3) is 0 Å². The first kappa shape index (κ1) is 20.5. The fourth-order valence-corrected chi connectivity index (χ4v) is 2.97. The first-order valence-electron chi connectivity index (χ1n) is 9.45. The van der Waals surface area contributed by atoms with Gasteiger partial charge in [-0.2, -0.15) is 0 Å². The molecule has 0 fully saturated rings. The van der Waals surface area contributed by atoms with Crippen LogP contribution in [0.3, 0.4) is 0 Å². The van der Waals surface area contributed by atoms with E-state index in [2.05, 4.69) is 36.1 Å². The molecule has 0 radical (unpaired) electrons. The molecule has 0 unspecified atom stereocenters. The summed E-state index contributed by atoms with van der Waals surface area (Å²) >= 11 is 0. The number of hydrogen-bond donors (Lipinski definition) is 2. The zero-order chi connectivity index (χ0) is 21.0. The third-order valence-corrected chi connectivity index (χ3v) is 4.68. The lowest BCUT2D eigenvalue weighted by molar-refractivity contribution is -0.120. The molecule has 0 aliphatic carbocycles. The van der Waals surface area contributed by atoms with E-state index in [0.29, 0.717) is 5.56 Å². The fourth-order valence-electron chi connectivity index (χ4n) is 2.97. The van der Waals surface area contributed by atoms with Crippen molar-refractivity contribution in [2.75, 3.05) is 5.73 Å². The summed E-state index contributed by atoms with van der Waals surface area (Å²) in [7, 11) is 0. The Labute approximate surface area is 170 Å². The molecule has 0 aliphatic heterocycles. The van der Waals surface area contributed by atoms with Crippen LogP contribution >= 0.6 is 0 Å². The second-order valence-electron chi connectivity index (χ2n) is 8.04. The van der Waals surface area contributed by atoms with E-state index in [0.717, 1.165) is 22.3 Å². The molecular formula is C23H25FN4O. The third kappa shape index (κ3) is 5.38. The molecule has 0 spiro atoms. The van der Waals surface area contributed by atoms with Crippen LogP contribution in [-0.2, 0) is 23.2 Å². The van der Waals surface area contributed by atoms with Crippen LogP contribution in [0.15, 0.2) is 54.9 Å². The number of hydrogen-bond acceptors (Lipinski definition) is 4. The van der Waals surface area contributed by atoms with E-state index >= 15 is 0 Å². The lowest BCUT2D eigenvalue weighted by Crippen LogP contribution is -2.25. The predicted octanol–water partition coefficient (Wildman–Crippen LogP) is 4.02. The molecule has 0 saturated carbocycles. The average molecular weight is 392 g/mol. The van der Waals surface area contributed by atoms with Gasteiger partial charge in [0, 0.05) is 30.1 Å². The number of rotatable bonds is 5. The van der Waals surface area contributed by atoms with Crippen molar-refractivity contribution >= 4 is 11.9 Å². The number of benzene rings is 2. The van der Waals surface area contributed by atoms with E-state index in [1.807, 2.05) is 30.3 Å². The van der Waals surface area contributed by atoms with Crippen LogP contribution in [0, 0.1) is 5.82 Å². The minimum Gasteiger partial charge on any atom is -0.368 e. The predicted molar refractivity (Wildman–Crippen MR) is 113 cm³/mol. The largest absolute Gasteiger partial charge is 0.368 e. The van der Waals surface area contributed by atoms with E-state index in [1.165, 1.54) is 6.07 Å². The fraction of sp³-hybridized carbons (Fsp3) is 0.261. The quantitative estimate of drug-likeness (QED) is 0.687. The van der Waals surface area contributed by atoms with E-state index in [-0.39, 0.29) is 36.1 Å². The van der Waals surface area contributed by atoms with Crippen molar-refractivity contribution in [3.8, 4) is 11.1 Å². The van der Waals surface area contributed by atoms with E-state index in [1.54, 1.807) is 18.5 Å². The summed E-state index contributed by atoms with van der Waals surface area (Å²) in [5, 5.41) is 2.81. The Bertz CT molecular complexity index is 1010. The van der Waals surface area contributed by atoms with Gasteiger partial charge in [-0.1, -0.05) is 57.2 Å². The van der Waals surface area contributed by atoms with Crippen molar-refractivity contribution in [2.24, 2.45) is 0 Å². The van der Waals surface area contributed by atoms with Gasteiger partial charge in [-0.3, -0.25) is 4.79 Å². The van der Waals surface area contributed by atoms with Crippen LogP contribution in [0.4, 0.5) is 10.3 Å². The zero-order valence-electron chi connectivity index (χ0n) is 16.9. The highest BCUT2D eigenvalue weighted by Crippen LogP contribution is 2.24. The van der Waals surface area contributed by atoms with Gasteiger partial charge in [0.05, 0.1) is 6.42 Å². The molecule has 3 aromatic rings. The normalized spacial score (nSPS) is 11.3. The third-order valence-electron chi connectivity index (χ3n) is 4.68. The topological polar surface area (TPSA) is 80.9 Å². The number of amides is 1. The van der Waals surface area contributed by atoms with Gasteiger partial charge in [-0.05, 0) is 28.2 Å². The Balaban J connectivity index is 1.66. The van der Waals surface area contributed by atoms with Crippen LogP contribution < -0.4 is 11.1 Å². The minimum atomic E-state index is -0.316. The maximum Gasteiger partial charge on any atom is 0.224 e. The molecule has 29 heavy (non-hydrogen) atoms. The number of nitrogen functional groups attached to an aromatic ring is 1. The van der Waals surface area contributed by atoms with Crippen LogP contribution in [0.1, 0.15) is 37.5 Å². The van der Waals surface area contributed by atoms with E-state index < -0.39 is 0 Å². The van der Waals surface area contributed by atoms with Crippen LogP contribution in [-0.4, -0.2) is 15.9 Å². The molecule has 2 aromatic carbocycles. The van der Waals surface area contributed by atoms with Gasteiger partial charge in [0.1, 0.15) is 5.82 Å². The molecule has 0 saturated heterocycles. The first-order valence-corrected chi connectivity index (χ1v) is 9.45. The molecule has 3 N–H and O–H groups in total. The number of carbonyl (C=O) groups excluding carboxylic acids is 1. The smallest absolute Gasteiger partial charge is 0.224 e. The van der Waals surface area contributed by atoms with Crippen molar-refractivity contribution < 1.29 is 9.18 Å². The SMILES string of the molecule is CC(C)(C)c1ccc(F)c(CNC(=O)Cc2cccc(-c3cnc(N)nc3)c2)c1. The van der Waals surface area contributed by atoms with Gasteiger partial charge in [0.15, 0.2) is 0 Å². The van der Waals surface area contributed by atoms with Gasteiger partial charge < -0.3 is 11.1 Å². The Morgan fingerprint density at radius 2 is 1.79 bits per heavy atom. The van der Waals surface area contributed by atoms with E-state index in [4.69, 9.17) is 5.73 Å². The number of nitrogens with two attached hydrogens (primary N) is 1. The second kappa shape index (κ2) is 8.39. The van der Waals surface area contributed by atoms with Crippen molar-refractivity contribution in [2.45, 2.75) is 39.2 Å². The highest BCUT2D eigenvalue weighted by Gasteiger charge is 2.16. The Hall–Kier alpha value is -3.28. The number of halogens is 1. The first-order chi connectivity index (χ1) is 13.7. The average Bonchev–Trinajstić information content (AvgIpc) is 2.67. The summed E-state index contributed by atoms with van der Waals surface area (Å²) in [5.41, 5.74) is 9.52. The maximum absolute atomic E-state index is 14.1. The summed E-state index contributed by atoms with van der Waals surface area (Å²) < 4.78 is 14.1. The molecule has 1 heterocycles. The lowest BCUT2D eigenvalue weighted by atomic mass is 9.86. The van der Waals surface area contributed by atoms with Gasteiger partial charge in [-0.15, -0.1) is 0 Å². The lowest BCUT2D eigenvalue weighted by Gasteiger charge is -2.20. The second-order valence-corrected chi connectivity index (χ2v) is 8.04. The summed E-state index contributed by atoms with van der Waals surface area (Å²) in [6.07, 6.45) is 3.49. The van der Waals surface area contributed by atoms with E-state index in [9.17, 15) is 9.18 Å². The Morgan fingerprint density at radius 1 is 1.07 bits per heavy atom. The molecule has 0 aliphatic rings. The number of anilines is 1. The molecule has 6 heteroatoms. The maximum atomic E-state index is 14.1. The molecule has 1 amide bonds. The van der Waals surface area contributed by atoms with Crippen LogP contribution in [0.25, 0.3) is 11.1 Å². The minimum absolute atomic E-state index is 0.0846. The molecule has 150 valence electrons. The summed E-state index contributed by atoms with van der Waals surface area (Å²) in [6, 6.07) is 12.6. The Morgan fingerprint density at radius 3 is 2.48 bits per heavy atom. The number of aromatic nitrogens is 2. The standard InChI is InChI=1S/C23H25FN4O/c1-23(2,3)19-7-8-20(24)17(11-19)12-26-21(29)10-15-5-4-6-16(9-15)18-13-27-22(25)28-14-18/h4-9,11,13-14H,10,12H2,1-3H3,(H,26,29)(H2,25,27,28). The van der Waals surface area contributed by atoms with Gasteiger partial charge >= 0.3 is 0 Å². The Kier molecular flexibility index (Phi) is 5.92. The molecule has 0 bridgehead atoms. The zero-order valence-corrected chi connectivity index (χ0v) is 16.9. The van der Waals surface area contributed by atoms with Gasteiger partial charge in [0.2, 0.25) is 11.9 Å². The number of nitrogens with one attached hydrogen (secondary N) is 1. The highest BCUT2D eigenvalue weighted by atomic mass is 19.1. The van der Waals surface area contributed by atoms with Crippen molar-refractivity contribution in [1.29, 1.82) is 0 Å². The summed E-state index contributed by atoms with van der Waals surface area (Å²) in [4.78, 5) is 20.4. The number of nitrogens with zero attached hydrogens (tertiary/aromatic N) is 2. The summed E-state index contributed by atoms with van der Waals surface area (Å²) in [5.74, 6) is -0.271. The summed E-state index contributed by atoms with van der Waals surface area (Å²) in [6.45, 7) is 6.37. The highest BCUT2D eigenvalue weighted by molar-refractivity contribution is 5.79. The molecular weight excluding hydrogens is 367 g/mol. The van der Waals surface area contributed by atoms with Crippen molar-refractivity contribution in [3.05, 3.63) is 77.4 Å². The number of carbonyl (C=O) groups is 1. The molecule has 1 aromatic heterocycles. The van der Waals surface area contributed by atoms with Crippen molar-refractivity contribution in [3.63, 3.8) is 0 Å². The van der Waals surface area contributed by atoms with Gasteiger partial charge in [-0.25, -0.2) is 14.4 Å². The van der Waals surface area contributed by atoms with Crippen LogP contribution in [0.2, 0.25) is 0 Å². The molecule has 5 nitrogen and oxygen atoms in total.